The first-order chi connectivity index (χ1) is 19.6. The van der Waals surface area contributed by atoms with Gasteiger partial charge in [-0.25, -0.2) is 0 Å². The Morgan fingerprint density at radius 1 is 0.825 bits per heavy atom. The minimum Gasteiger partial charge on any atom is -0.339 e. The second-order valence-electron chi connectivity index (χ2n) is 13.6. The largest absolute Gasteiger partial charge is 0.339 e. The van der Waals surface area contributed by atoms with Crippen LogP contribution in [0.3, 0.4) is 0 Å². The summed E-state index contributed by atoms with van der Waals surface area (Å²) in [5.74, 6) is 4.53. The van der Waals surface area contributed by atoms with Crippen molar-refractivity contribution in [2.45, 2.75) is 114 Å². The molecule has 8 nitrogen and oxygen atoms in total. The molecule has 1 amide bonds. The summed E-state index contributed by atoms with van der Waals surface area (Å²) in [4.78, 5) is 25.9. The van der Waals surface area contributed by atoms with Crippen molar-refractivity contribution in [3.8, 4) is 11.5 Å². The summed E-state index contributed by atoms with van der Waals surface area (Å²) in [5, 5.41) is 8.56. The molecule has 2 aromatic heterocycles. The molecule has 0 radical (unpaired) electrons. The highest BCUT2D eigenvalue weighted by atomic mass is 16.5. The van der Waals surface area contributed by atoms with E-state index in [0.717, 1.165) is 112 Å². The molecule has 0 unspecified atom stereocenters. The predicted molar refractivity (Wildman–Crippen MR) is 149 cm³/mol. The molecule has 2 heterocycles. The Kier molecular flexibility index (Phi) is 5.89. The van der Waals surface area contributed by atoms with E-state index in [1.54, 1.807) is 0 Å². The van der Waals surface area contributed by atoms with Gasteiger partial charge in [0.2, 0.25) is 11.8 Å². The summed E-state index contributed by atoms with van der Waals surface area (Å²) in [7, 11) is 0. The molecule has 0 atom stereocenters. The standard InChI is InChI=1S/C32H39N5O3/c38-29(23-5-2-1-3-6-23)37(25-8-4-7-24(19-25)28-33-26(35-39-28)21-9-10-21)20-31-13-16-32(17-14-31,18-15-31)30-34-27(36-40-30)22-11-12-22/h4,7-8,19,21-23H,1-3,5-6,9-18,20H2. The van der Waals surface area contributed by atoms with E-state index in [0.29, 0.717) is 23.6 Å². The van der Waals surface area contributed by atoms with Crippen molar-refractivity contribution in [3.05, 3.63) is 41.8 Å². The van der Waals surface area contributed by atoms with Gasteiger partial charge >= 0.3 is 0 Å². The molecule has 6 aliphatic carbocycles. The maximum atomic E-state index is 14.2. The van der Waals surface area contributed by atoms with Gasteiger partial charge in [-0.1, -0.05) is 35.6 Å². The van der Waals surface area contributed by atoms with Crippen molar-refractivity contribution in [2.75, 3.05) is 11.4 Å². The summed E-state index contributed by atoms with van der Waals surface area (Å²) in [6.45, 7) is 0.774. The molecule has 3 aromatic rings. The molecular weight excluding hydrogens is 502 g/mol. The molecular formula is C32H39N5O3. The lowest BCUT2D eigenvalue weighted by Crippen LogP contribution is -2.51. The van der Waals surface area contributed by atoms with Crippen molar-refractivity contribution in [1.29, 1.82) is 0 Å². The van der Waals surface area contributed by atoms with Crippen LogP contribution in [0.15, 0.2) is 33.3 Å². The summed E-state index contributed by atoms with van der Waals surface area (Å²) in [5.41, 5.74) is 2.01. The second kappa shape index (κ2) is 9.52. The molecule has 6 aliphatic rings. The zero-order valence-electron chi connectivity index (χ0n) is 23.3. The molecule has 6 saturated carbocycles. The number of nitrogens with zero attached hydrogens (tertiary/aromatic N) is 5. The maximum absolute atomic E-state index is 14.2. The number of hydrogen-bond acceptors (Lipinski definition) is 7. The van der Waals surface area contributed by atoms with E-state index in [9.17, 15) is 4.79 Å². The summed E-state index contributed by atoms with van der Waals surface area (Å²) in [6.07, 6.45) is 16.7. The number of benzene rings is 1. The number of aromatic nitrogens is 4. The van der Waals surface area contributed by atoms with E-state index in [1.165, 1.54) is 19.3 Å². The predicted octanol–water partition coefficient (Wildman–Crippen LogP) is 7.08. The lowest BCUT2D eigenvalue weighted by molar-refractivity contribution is -0.124. The maximum Gasteiger partial charge on any atom is 0.258 e. The fourth-order valence-electron chi connectivity index (χ4n) is 7.65. The van der Waals surface area contributed by atoms with Crippen LogP contribution in [-0.4, -0.2) is 32.7 Å². The van der Waals surface area contributed by atoms with Crippen LogP contribution in [0.25, 0.3) is 11.5 Å². The second-order valence-corrected chi connectivity index (χ2v) is 13.6. The number of carbonyl (C=O) groups excluding carboxylic acids is 1. The molecule has 0 aliphatic heterocycles. The lowest BCUT2D eigenvalue weighted by Gasteiger charge is -2.53. The first-order valence-electron chi connectivity index (χ1n) is 15.7. The minimum atomic E-state index is 0.0250. The van der Waals surface area contributed by atoms with E-state index in [-0.39, 0.29) is 16.7 Å². The highest BCUT2D eigenvalue weighted by Gasteiger charge is 2.53. The minimum absolute atomic E-state index is 0.0250. The van der Waals surface area contributed by atoms with Crippen molar-refractivity contribution < 1.29 is 13.8 Å². The Hall–Kier alpha value is -3.03. The average Bonchev–Trinajstić information content (AvgIpc) is 3.95. The fraction of sp³-hybridized carbons (Fsp3) is 0.656. The fourth-order valence-corrected chi connectivity index (χ4v) is 7.65. The van der Waals surface area contributed by atoms with Crippen LogP contribution in [0, 0.1) is 11.3 Å². The third-order valence-electron chi connectivity index (χ3n) is 10.7. The first kappa shape index (κ1) is 24.7. The van der Waals surface area contributed by atoms with Gasteiger partial charge in [-0.3, -0.25) is 4.79 Å². The molecule has 210 valence electrons. The average molecular weight is 542 g/mol. The normalized spacial score (nSPS) is 28.6. The molecule has 9 rings (SSSR count). The van der Waals surface area contributed by atoms with Gasteiger partial charge in [0.1, 0.15) is 0 Å². The molecule has 0 spiro atoms. The molecule has 40 heavy (non-hydrogen) atoms. The molecule has 2 bridgehead atoms. The zero-order valence-corrected chi connectivity index (χ0v) is 23.3. The Balaban J connectivity index is 1.06. The summed E-state index contributed by atoms with van der Waals surface area (Å²) < 4.78 is 11.5. The smallest absolute Gasteiger partial charge is 0.258 e. The van der Waals surface area contributed by atoms with Crippen LogP contribution in [0.1, 0.15) is 126 Å². The van der Waals surface area contributed by atoms with Crippen LogP contribution in [0.4, 0.5) is 5.69 Å². The van der Waals surface area contributed by atoms with Gasteiger partial charge in [0, 0.05) is 41.0 Å². The van der Waals surface area contributed by atoms with Gasteiger partial charge in [-0.05, 0) is 101 Å². The van der Waals surface area contributed by atoms with Crippen molar-refractivity contribution in [1.82, 2.24) is 20.3 Å². The van der Waals surface area contributed by atoms with Crippen LogP contribution < -0.4 is 4.90 Å². The molecule has 0 saturated heterocycles. The SMILES string of the molecule is O=C(C1CCCCC1)N(CC12CCC(c3nc(C4CC4)no3)(CC1)CC2)c1cccc(-c2nc(C3CC3)no2)c1. The van der Waals surface area contributed by atoms with Crippen molar-refractivity contribution >= 4 is 11.6 Å². The van der Waals surface area contributed by atoms with Gasteiger partial charge < -0.3 is 13.9 Å². The van der Waals surface area contributed by atoms with E-state index in [4.69, 9.17) is 14.0 Å². The Bertz CT molecular complexity index is 1370. The van der Waals surface area contributed by atoms with Crippen molar-refractivity contribution in [3.63, 3.8) is 0 Å². The molecule has 6 fully saturated rings. The van der Waals surface area contributed by atoms with Crippen molar-refractivity contribution in [2.24, 2.45) is 11.3 Å². The van der Waals surface area contributed by atoms with Crippen LogP contribution in [-0.2, 0) is 10.2 Å². The van der Waals surface area contributed by atoms with Gasteiger partial charge in [0.25, 0.3) is 5.89 Å². The highest BCUT2D eigenvalue weighted by Crippen LogP contribution is 2.58. The first-order valence-corrected chi connectivity index (χ1v) is 15.7. The monoisotopic (exact) mass is 541 g/mol. The van der Waals surface area contributed by atoms with Crippen LogP contribution >= 0.6 is 0 Å². The number of fused-ring (bicyclic) bond motifs is 3. The lowest BCUT2D eigenvalue weighted by atomic mass is 9.53. The van der Waals surface area contributed by atoms with Gasteiger partial charge in [-0.2, -0.15) is 9.97 Å². The van der Waals surface area contributed by atoms with Crippen LogP contribution in [0.5, 0.6) is 0 Å². The molecule has 1 aromatic carbocycles. The van der Waals surface area contributed by atoms with Gasteiger partial charge in [0.15, 0.2) is 11.6 Å². The quantitative estimate of drug-likeness (QED) is 0.300. The van der Waals surface area contributed by atoms with E-state index >= 15 is 0 Å². The van der Waals surface area contributed by atoms with E-state index < -0.39 is 0 Å². The highest BCUT2D eigenvalue weighted by molar-refractivity contribution is 5.95. The van der Waals surface area contributed by atoms with Crippen LogP contribution in [0.2, 0.25) is 0 Å². The Morgan fingerprint density at radius 3 is 2.20 bits per heavy atom. The number of carbonyl (C=O) groups is 1. The Labute approximate surface area is 235 Å². The number of anilines is 1. The summed E-state index contributed by atoms with van der Waals surface area (Å²) in [6, 6.07) is 8.23. The molecule has 8 heteroatoms. The molecule has 0 N–H and O–H groups in total. The van der Waals surface area contributed by atoms with E-state index in [1.807, 2.05) is 12.1 Å². The Morgan fingerprint density at radius 2 is 1.50 bits per heavy atom. The number of rotatable bonds is 8. The van der Waals surface area contributed by atoms with Gasteiger partial charge in [0.05, 0.1) is 0 Å². The number of hydrogen-bond donors (Lipinski definition) is 0. The van der Waals surface area contributed by atoms with E-state index in [2.05, 4.69) is 32.3 Å². The van der Waals surface area contributed by atoms with Gasteiger partial charge in [-0.15, -0.1) is 0 Å². The topological polar surface area (TPSA) is 98.2 Å². The summed E-state index contributed by atoms with van der Waals surface area (Å²) >= 11 is 0. The zero-order chi connectivity index (χ0) is 26.7. The third kappa shape index (κ3) is 4.47. The number of amides is 1. The third-order valence-corrected chi connectivity index (χ3v) is 10.7.